The number of imide groups is 1. The molecule has 0 fully saturated rings. The Morgan fingerprint density at radius 3 is 2.28 bits per heavy atom. The molecular weight excluding hydrogens is 424 g/mol. The van der Waals surface area contributed by atoms with Crippen LogP contribution in [0.4, 0.5) is 0 Å². The summed E-state index contributed by atoms with van der Waals surface area (Å²) in [7, 11) is 1.65. The highest BCUT2D eigenvalue weighted by Gasteiger charge is 2.34. The van der Waals surface area contributed by atoms with Gasteiger partial charge >= 0.3 is 0 Å². The number of fused-ring (bicyclic) bond motifs is 2. The summed E-state index contributed by atoms with van der Waals surface area (Å²) >= 11 is 6.58. The van der Waals surface area contributed by atoms with Gasteiger partial charge in [-0.25, -0.2) is 0 Å². The first-order chi connectivity index (χ1) is 15.6. The van der Waals surface area contributed by atoms with Crippen LogP contribution in [0, 0.1) is 0 Å². The van der Waals surface area contributed by atoms with E-state index in [4.69, 9.17) is 16.3 Å². The zero-order chi connectivity index (χ0) is 22.2. The molecular formula is C26H21ClN2O3. The van der Waals surface area contributed by atoms with Crippen LogP contribution in [0.2, 0.25) is 5.02 Å². The van der Waals surface area contributed by atoms with Gasteiger partial charge in [0, 0.05) is 30.2 Å². The van der Waals surface area contributed by atoms with Gasteiger partial charge in [0.2, 0.25) is 0 Å². The quantitative estimate of drug-likeness (QED) is 0.361. The first-order valence-electron chi connectivity index (χ1n) is 10.5. The highest BCUT2D eigenvalue weighted by molar-refractivity contribution is 6.36. The summed E-state index contributed by atoms with van der Waals surface area (Å²) in [6.45, 7) is 1.01. The van der Waals surface area contributed by atoms with Crippen LogP contribution in [0.3, 0.4) is 0 Å². The summed E-state index contributed by atoms with van der Waals surface area (Å²) in [4.78, 5) is 26.6. The van der Waals surface area contributed by atoms with E-state index in [1.807, 2.05) is 42.5 Å². The van der Waals surface area contributed by atoms with Gasteiger partial charge in [0.25, 0.3) is 11.8 Å². The van der Waals surface area contributed by atoms with E-state index in [0.29, 0.717) is 35.7 Å². The fourth-order valence-corrected chi connectivity index (χ4v) is 4.62. The van der Waals surface area contributed by atoms with E-state index in [1.54, 1.807) is 31.4 Å². The highest BCUT2D eigenvalue weighted by atomic mass is 35.5. The SMILES string of the molecule is COc1cccc(-c2cn(CCCN3C(=O)c4ccccc4C3=O)c3cccc(Cl)c23)c1. The summed E-state index contributed by atoms with van der Waals surface area (Å²) in [6, 6.07) is 20.7. The maximum Gasteiger partial charge on any atom is 0.261 e. The molecule has 5 rings (SSSR count). The standard InChI is InChI=1S/C26H21ClN2O3/c1-32-18-8-4-7-17(15-18)21-16-28(23-12-5-11-22(27)24(21)23)13-6-14-29-25(30)19-9-2-3-10-20(19)26(29)31/h2-5,7-12,15-16H,6,13-14H2,1H3. The van der Waals surface area contributed by atoms with Gasteiger partial charge in [-0.3, -0.25) is 14.5 Å². The molecule has 0 spiro atoms. The second kappa shape index (κ2) is 8.17. The number of carbonyl (C=O) groups excluding carboxylic acids is 2. The van der Waals surface area contributed by atoms with Crippen LogP contribution < -0.4 is 4.74 Å². The molecule has 3 aromatic carbocycles. The minimum absolute atomic E-state index is 0.219. The minimum atomic E-state index is -0.219. The van der Waals surface area contributed by atoms with E-state index >= 15 is 0 Å². The zero-order valence-electron chi connectivity index (χ0n) is 17.5. The van der Waals surface area contributed by atoms with Crippen LogP contribution in [0.25, 0.3) is 22.0 Å². The lowest BCUT2D eigenvalue weighted by atomic mass is 10.0. The summed E-state index contributed by atoms with van der Waals surface area (Å²) in [6.07, 6.45) is 2.72. The Kier molecular flexibility index (Phi) is 5.19. The minimum Gasteiger partial charge on any atom is -0.497 e. The molecule has 0 radical (unpaired) electrons. The molecule has 0 saturated carbocycles. The van der Waals surface area contributed by atoms with E-state index in [-0.39, 0.29) is 11.8 Å². The number of methoxy groups -OCH3 is 1. The molecule has 2 heterocycles. The molecule has 1 aromatic heterocycles. The zero-order valence-corrected chi connectivity index (χ0v) is 18.3. The molecule has 0 N–H and O–H groups in total. The van der Waals surface area contributed by atoms with Gasteiger partial charge in [-0.05, 0) is 48.4 Å². The maximum absolute atomic E-state index is 12.6. The van der Waals surface area contributed by atoms with Gasteiger partial charge in [-0.1, -0.05) is 41.9 Å². The van der Waals surface area contributed by atoms with Gasteiger partial charge in [0.15, 0.2) is 0 Å². The Hall–Kier alpha value is -3.57. The lowest BCUT2D eigenvalue weighted by molar-refractivity contribution is 0.0651. The van der Waals surface area contributed by atoms with Crippen LogP contribution in [0.5, 0.6) is 5.75 Å². The lowest BCUT2D eigenvalue weighted by Crippen LogP contribution is -2.31. The number of nitrogens with zero attached hydrogens (tertiary/aromatic N) is 2. The fourth-order valence-electron chi connectivity index (χ4n) is 4.34. The van der Waals surface area contributed by atoms with Crippen LogP contribution in [-0.2, 0) is 6.54 Å². The van der Waals surface area contributed by atoms with Crippen molar-refractivity contribution in [1.29, 1.82) is 0 Å². The molecule has 32 heavy (non-hydrogen) atoms. The number of carbonyl (C=O) groups is 2. The molecule has 6 heteroatoms. The first kappa shape index (κ1) is 20.3. The smallest absolute Gasteiger partial charge is 0.261 e. The molecule has 4 aromatic rings. The Bertz CT molecular complexity index is 1320. The number of aryl methyl sites for hydroxylation is 1. The molecule has 0 unspecified atom stereocenters. The van der Waals surface area contributed by atoms with Crippen molar-refractivity contribution in [2.45, 2.75) is 13.0 Å². The number of ether oxygens (including phenoxy) is 1. The van der Waals surface area contributed by atoms with E-state index in [1.165, 1.54) is 4.90 Å². The largest absolute Gasteiger partial charge is 0.497 e. The van der Waals surface area contributed by atoms with E-state index in [9.17, 15) is 9.59 Å². The molecule has 0 aliphatic carbocycles. The van der Waals surface area contributed by atoms with Crippen LogP contribution in [0.15, 0.2) is 72.9 Å². The van der Waals surface area contributed by atoms with Crippen molar-refractivity contribution in [3.8, 4) is 16.9 Å². The van der Waals surface area contributed by atoms with E-state index < -0.39 is 0 Å². The van der Waals surface area contributed by atoms with Crippen molar-refractivity contribution in [2.75, 3.05) is 13.7 Å². The van der Waals surface area contributed by atoms with Gasteiger partial charge in [-0.15, -0.1) is 0 Å². The van der Waals surface area contributed by atoms with Crippen LogP contribution in [-0.4, -0.2) is 34.9 Å². The number of hydrogen-bond donors (Lipinski definition) is 0. The number of halogens is 1. The van der Waals surface area contributed by atoms with Crippen molar-refractivity contribution < 1.29 is 14.3 Å². The number of benzene rings is 3. The number of hydrogen-bond acceptors (Lipinski definition) is 3. The van der Waals surface area contributed by atoms with Gasteiger partial charge in [0.05, 0.1) is 28.8 Å². The number of amides is 2. The second-order valence-corrected chi connectivity index (χ2v) is 8.17. The molecule has 1 aliphatic rings. The van der Waals surface area contributed by atoms with Crippen molar-refractivity contribution >= 4 is 34.3 Å². The average molecular weight is 445 g/mol. The molecule has 2 amide bonds. The summed E-state index contributed by atoms with van der Waals surface area (Å²) in [5.74, 6) is 0.340. The summed E-state index contributed by atoms with van der Waals surface area (Å²) < 4.78 is 7.52. The van der Waals surface area contributed by atoms with Crippen molar-refractivity contribution in [1.82, 2.24) is 9.47 Å². The predicted octanol–water partition coefficient (Wildman–Crippen LogP) is 5.66. The monoisotopic (exact) mass is 444 g/mol. The van der Waals surface area contributed by atoms with E-state index in [2.05, 4.69) is 10.8 Å². The van der Waals surface area contributed by atoms with Gasteiger partial charge < -0.3 is 9.30 Å². The third-order valence-corrected chi connectivity index (χ3v) is 6.21. The topological polar surface area (TPSA) is 51.5 Å². The average Bonchev–Trinajstić information content (AvgIpc) is 3.31. The molecule has 160 valence electrons. The highest BCUT2D eigenvalue weighted by Crippen LogP contribution is 2.37. The van der Waals surface area contributed by atoms with Crippen LogP contribution >= 0.6 is 11.6 Å². The fraction of sp³-hybridized carbons (Fsp3) is 0.154. The molecule has 5 nitrogen and oxygen atoms in total. The van der Waals surface area contributed by atoms with Crippen molar-refractivity contribution in [3.05, 3.63) is 89.1 Å². The Labute approximate surface area is 190 Å². The Morgan fingerprint density at radius 2 is 1.56 bits per heavy atom. The summed E-state index contributed by atoms with van der Waals surface area (Å²) in [5.41, 5.74) is 4.01. The Balaban J connectivity index is 1.42. The third kappa shape index (κ3) is 3.35. The second-order valence-electron chi connectivity index (χ2n) is 7.76. The normalized spacial score (nSPS) is 13.1. The van der Waals surface area contributed by atoms with Crippen molar-refractivity contribution in [2.24, 2.45) is 0 Å². The first-order valence-corrected chi connectivity index (χ1v) is 10.8. The number of rotatable bonds is 6. The lowest BCUT2D eigenvalue weighted by Gasteiger charge is -2.14. The molecule has 0 saturated heterocycles. The summed E-state index contributed by atoms with van der Waals surface area (Å²) in [5, 5.41) is 1.66. The number of aromatic nitrogens is 1. The van der Waals surface area contributed by atoms with Crippen LogP contribution in [0.1, 0.15) is 27.1 Å². The molecule has 0 atom stereocenters. The van der Waals surface area contributed by atoms with Gasteiger partial charge in [0.1, 0.15) is 5.75 Å². The Morgan fingerprint density at radius 1 is 0.844 bits per heavy atom. The van der Waals surface area contributed by atoms with E-state index in [0.717, 1.165) is 27.8 Å². The van der Waals surface area contributed by atoms with Crippen molar-refractivity contribution in [3.63, 3.8) is 0 Å². The molecule has 1 aliphatic heterocycles. The maximum atomic E-state index is 12.6. The third-order valence-electron chi connectivity index (χ3n) is 5.89. The van der Waals surface area contributed by atoms with Gasteiger partial charge in [-0.2, -0.15) is 0 Å². The predicted molar refractivity (Wildman–Crippen MR) is 125 cm³/mol. The molecule has 0 bridgehead atoms.